The van der Waals surface area contributed by atoms with E-state index >= 15 is 0 Å². The first-order valence-electron chi connectivity index (χ1n) is 42.8. The van der Waals surface area contributed by atoms with Crippen molar-refractivity contribution in [2.24, 2.45) is 59.2 Å². The molecule has 2 saturated carbocycles. The quantitative estimate of drug-likeness (QED) is 0.0528. The third-order valence-corrected chi connectivity index (χ3v) is 24.4. The molecule has 8 unspecified atom stereocenters. The fraction of sp³-hybridized carbons (Fsp3) is 0.886. The van der Waals surface area contributed by atoms with E-state index in [1.54, 1.807) is 12.1 Å². The van der Waals surface area contributed by atoms with Crippen LogP contribution in [0.15, 0.2) is 31.3 Å². The van der Waals surface area contributed by atoms with Crippen LogP contribution in [0.25, 0.3) is 21.5 Å². The average Bonchev–Trinajstić information content (AvgIpc) is 1.59. The van der Waals surface area contributed by atoms with E-state index in [9.17, 15) is 19.2 Å². The molecule has 8 atom stereocenters. The van der Waals surface area contributed by atoms with Gasteiger partial charge < -0.3 is 0 Å². The van der Waals surface area contributed by atoms with Gasteiger partial charge in [0, 0.05) is 13.1 Å². The normalized spacial score (nSPS) is 20.4. The Morgan fingerprint density at radius 1 is 0.277 bits per heavy atom. The molecule has 3 aromatic rings. The van der Waals surface area contributed by atoms with Crippen LogP contribution in [-0.4, -0.2) is 9.13 Å². The van der Waals surface area contributed by atoms with Crippen LogP contribution in [0.5, 0.6) is 0 Å². The standard InChI is InChI=1S/C88H156N2O4/c1-9-13-17-21-37-49-61-79-75(57-45-19-15-11-3)65-73(67-77(79)59-47-35-25-23-31-41-53-71(5)6)55-43-33-27-29-39-51-63-89-85(91)81-69-83-84(70-82(81)86(89)92)88(94)90(87(83)93)64-52-40-30-28-34-44-56-74-66-76(58-46-20-16-12-4)80(62-50-38-22-18-14-10-2)78(68-74)60-48-36-26-24-32-42-54-72(7)8/h69-80H,9-68H2,1-8H3. The van der Waals surface area contributed by atoms with Gasteiger partial charge in [-0.25, -0.2) is 0 Å². The molecule has 542 valence electrons. The molecular weight excluding hydrogens is 1150 g/mol. The van der Waals surface area contributed by atoms with E-state index in [0.29, 0.717) is 34.6 Å². The summed E-state index contributed by atoms with van der Waals surface area (Å²) in [6.45, 7) is 19.6. The van der Waals surface area contributed by atoms with Crippen LogP contribution < -0.4 is 22.2 Å². The van der Waals surface area contributed by atoms with Crippen molar-refractivity contribution in [3.63, 3.8) is 0 Å². The molecular formula is C88H156N2O4. The number of fused-ring (bicyclic) bond motifs is 2. The topological polar surface area (TPSA) is 78.1 Å². The van der Waals surface area contributed by atoms with E-state index in [0.717, 1.165) is 97.7 Å². The van der Waals surface area contributed by atoms with Crippen molar-refractivity contribution in [1.82, 2.24) is 9.13 Å². The summed E-state index contributed by atoms with van der Waals surface area (Å²) in [5.74, 6) is 9.09. The van der Waals surface area contributed by atoms with Crippen LogP contribution in [-0.2, 0) is 13.1 Å². The molecule has 2 heterocycles. The highest BCUT2D eigenvalue weighted by molar-refractivity contribution is 5.97. The highest BCUT2D eigenvalue weighted by atomic mass is 16.2. The van der Waals surface area contributed by atoms with E-state index in [4.69, 9.17) is 0 Å². The Morgan fingerprint density at radius 2 is 0.489 bits per heavy atom. The van der Waals surface area contributed by atoms with Gasteiger partial charge in [0.05, 0.1) is 21.5 Å². The van der Waals surface area contributed by atoms with E-state index in [2.05, 4.69) is 55.4 Å². The van der Waals surface area contributed by atoms with E-state index in [-0.39, 0.29) is 22.2 Å². The highest BCUT2D eigenvalue weighted by Crippen LogP contribution is 2.49. The van der Waals surface area contributed by atoms with E-state index < -0.39 is 0 Å². The predicted octanol–water partition coefficient (Wildman–Crippen LogP) is 26.9. The maximum Gasteiger partial charge on any atom is 0.261 e. The minimum atomic E-state index is -0.311. The third kappa shape index (κ3) is 31.4. The van der Waals surface area contributed by atoms with Crippen molar-refractivity contribution in [2.45, 2.75) is 441 Å². The second-order valence-electron chi connectivity index (χ2n) is 33.3. The zero-order chi connectivity index (χ0) is 67.4. The summed E-state index contributed by atoms with van der Waals surface area (Å²) in [6.07, 6.45) is 79.0. The van der Waals surface area contributed by atoms with Gasteiger partial charge in [0.1, 0.15) is 0 Å². The largest absolute Gasteiger partial charge is 0.274 e. The van der Waals surface area contributed by atoms with Crippen LogP contribution >= 0.6 is 0 Å². The number of unbranched alkanes of at least 4 members (excludes halogenated alkanes) is 36. The van der Waals surface area contributed by atoms with Gasteiger partial charge >= 0.3 is 0 Å². The summed E-state index contributed by atoms with van der Waals surface area (Å²) in [4.78, 5) is 55.2. The van der Waals surface area contributed by atoms with Gasteiger partial charge in [0.15, 0.2) is 0 Å². The maximum absolute atomic E-state index is 13.8. The molecule has 0 radical (unpaired) electrons. The van der Waals surface area contributed by atoms with E-state index in [1.165, 1.54) is 343 Å². The van der Waals surface area contributed by atoms with Crippen molar-refractivity contribution in [2.75, 3.05) is 0 Å². The Balaban J connectivity index is 1.05. The summed E-state index contributed by atoms with van der Waals surface area (Å²) in [5.41, 5.74) is -1.24. The summed E-state index contributed by atoms with van der Waals surface area (Å²) < 4.78 is 2.76. The van der Waals surface area contributed by atoms with Gasteiger partial charge in [-0.2, -0.15) is 0 Å². The number of rotatable bonds is 60. The SMILES string of the molecule is CCCCCCCCC1C(CCCCCC)CC(CCCCCCCCn2c(=O)c3cc4c(=O)n(CCCCCCCCC5CC(CCCCCC)C(CCCCCCCC)C(CCCCCCCCC(C)C)C5)c(=O)c4cc3c2=O)CC1CCCCCCCCC(C)C. The van der Waals surface area contributed by atoms with Crippen LogP contribution in [0.2, 0.25) is 0 Å². The van der Waals surface area contributed by atoms with Gasteiger partial charge in [-0.1, -0.05) is 376 Å². The second-order valence-corrected chi connectivity index (χ2v) is 33.3. The smallest absolute Gasteiger partial charge is 0.261 e. The molecule has 0 amide bonds. The summed E-state index contributed by atoms with van der Waals surface area (Å²) in [7, 11) is 0. The molecule has 0 bridgehead atoms. The van der Waals surface area contributed by atoms with Crippen LogP contribution in [0.3, 0.4) is 0 Å². The molecule has 6 nitrogen and oxygen atoms in total. The Hall–Kier alpha value is -2.50. The number of nitrogens with zero attached hydrogens (tertiary/aromatic N) is 2. The van der Waals surface area contributed by atoms with Crippen LogP contribution in [0.4, 0.5) is 0 Å². The van der Waals surface area contributed by atoms with Crippen molar-refractivity contribution in [1.29, 1.82) is 0 Å². The van der Waals surface area contributed by atoms with Gasteiger partial charge in [0.25, 0.3) is 22.2 Å². The van der Waals surface area contributed by atoms with Gasteiger partial charge in [-0.3, -0.25) is 28.3 Å². The van der Waals surface area contributed by atoms with Crippen molar-refractivity contribution in [3.8, 4) is 0 Å². The third-order valence-electron chi connectivity index (χ3n) is 24.4. The number of benzene rings is 1. The summed E-state index contributed by atoms with van der Waals surface area (Å²) in [5, 5.41) is 1.16. The minimum Gasteiger partial charge on any atom is -0.274 e. The number of hydrogen-bond donors (Lipinski definition) is 0. The molecule has 2 fully saturated rings. The van der Waals surface area contributed by atoms with Gasteiger partial charge in [0.2, 0.25) is 0 Å². The zero-order valence-electron chi connectivity index (χ0n) is 63.9. The first-order valence-corrected chi connectivity index (χ1v) is 42.8. The second kappa shape index (κ2) is 50.8. The lowest BCUT2D eigenvalue weighted by Gasteiger charge is -2.43. The molecule has 2 aliphatic carbocycles. The predicted molar refractivity (Wildman–Crippen MR) is 413 cm³/mol. The number of hydrogen-bond acceptors (Lipinski definition) is 4. The first kappa shape index (κ1) is 82.2. The average molecular weight is 1310 g/mol. The lowest BCUT2D eigenvalue weighted by atomic mass is 9.62. The minimum absolute atomic E-state index is 0.290. The molecule has 0 N–H and O–H groups in total. The Morgan fingerprint density at radius 3 is 0.755 bits per heavy atom. The highest BCUT2D eigenvalue weighted by Gasteiger charge is 2.38. The molecule has 6 heteroatoms. The molecule has 1 aromatic carbocycles. The fourth-order valence-corrected chi connectivity index (χ4v) is 18.7. The van der Waals surface area contributed by atoms with Crippen molar-refractivity contribution in [3.05, 3.63) is 53.5 Å². The Bertz CT molecular complexity index is 2290. The van der Waals surface area contributed by atoms with E-state index in [1.807, 2.05) is 0 Å². The monoisotopic (exact) mass is 1310 g/mol. The zero-order valence-corrected chi connectivity index (χ0v) is 63.9. The number of aromatic nitrogens is 2. The molecule has 5 rings (SSSR count). The lowest BCUT2D eigenvalue weighted by molar-refractivity contribution is 0.0741. The van der Waals surface area contributed by atoms with Crippen molar-refractivity contribution < 1.29 is 0 Å². The van der Waals surface area contributed by atoms with Crippen molar-refractivity contribution >= 4 is 21.5 Å². The Labute approximate surface area is 581 Å². The lowest BCUT2D eigenvalue weighted by Crippen LogP contribution is -2.33. The fourth-order valence-electron chi connectivity index (χ4n) is 18.7. The van der Waals surface area contributed by atoms with Gasteiger partial charge in [-0.05, 0) is 123 Å². The maximum atomic E-state index is 13.8. The molecule has 94 heavy (non-hydrogen) atoms. The molecule has 2 aliphatic rings. The van der Waals surface area contributed by atoms with Crippen LogP contribution in [0, 0.1) is 59.2 Å². The van der Waals surface area contributed by atoms with Gasteiger partial charge in [-0.15, -0.1) is 0 Å². The Kier molecular flexibility index (Phi) is 44.4. The first-order chi connectivity index (χ1) is 45.9. The molecule has 0 aliphatic heterocycles. The summed E-state index contributed by atoms with van der Waals surface area (Å²) in [6, 6.07) is 3.13. The molecule has 2 aromatic heterocycles. The summed E-state index contributed by atoms with van der Waals surface area (Å²) >= 11 is 0. The van der Waals surface area contributed by atoms with Crippen LogP contribution in [0.1, 0.15) is 428 Å². The molecule has 0 saturated heterocycles. The molecule has 0 spiro atoms.